The minimum absolute atomic E-state index is 0.153. The maximum atomic E-state index is 11.3. The molecule has 0 fully saturated rings. The van der Waals surface area contributed by atoms with Crippen molar-refractivity contribution >= 4 is 21.7 Å². The first-order valence-corrected chi connectivity index (χ1v) is 4.42. The molecule has 1 aliphatic rings. The zero-order chi connectivity index (χ0) is 8.65. The molecule has 0 aliphatic carbocycles. The standard InChI is InChI=1S/C8H12BrNO/c1-5-4-10-6(2)8(5,9)7(3)11/h4,6,10H,1-3H3. The molecule has 0 radical (unpaired) electrons. The number of carbonyl (C=O) groups excluding carboxylic acids is 1. The van der Waals surface area contributed by atoms with Crippen LogP contribution in [0.5, 0.6) is 0 Å². The number of Topliss-reactive ketones (excluding diaryl/α,β-unsaturated/α-hetero) is 1. The number of nitrogens with one attached hydrogen (secondary N) is 1. The van der Waals surface area contributed by atoms with E-state index in [-0.39, 0.29) is 11.8 Å². The van der Waals surface area contributed by atoms with E-state index in [1.807, 2.05) is 20.0 Å². The Morgan fingerprint density at radius 2 is 2.36 bits per heavy atom. The van der Waals surface area contributed by atoms with Crippen molar-refractivity contribution in [2.75, 3.05) is 0 Å². The van der Waals surface area contributed by atoms with E-state index in [9.17, 15) is 4.79 Å². The van der Waals surface area contributed by atoms with Crippen LogP contribution in [0.2, 0.25) is 0 Å². The van der Waals surface area contributed by atoms with Crippen LogP contribution in [-0.4, -0.2) is 16.1 Å². The Balaban J connectivity index is 3.00. The second kappa shape index (κ2) is 2.63. The van der Waals surface area contributed by atoms with Gasteiger partial charge in [0.15, 0.2) is 5.78 Å². The molecule has 0 aromatic carbocycles. The summed E-state index contributed by atoms with van der Waals surface area (Å²) in [5, 5.41) is 3.11. The molecule has 2 unspecified atom stereocenters. The largest absolute Gasteiger partial charge is 0.386 e. The van der Waals surface area contributed by atoms with Crippen LogP contribution in [0.4, 0.5) is 0 Å². The first kappa shape index (κ1) is 8.78. The van der Waals surface area contributed by atoms with Crippen molar-refractivity contribution in [1.29, 1.82) is 0 Å². The average molecular weight is 218 g/mol. The predicted octanol–water partition coefficient (Wildman–Crippen LogP) is 1.60. The van der Waals surface area contributed by atoms with E-state index in [0.29, 0.717) is 0 Å². The highest BCUT2D eigenvalue weighted by Gasteiger charge is 2.43. The van der Waals surface area contributed by atoms with E-state index in [1.165, 1.54) is 0 Å². The number of alkyl halides is 1. The molecule has 0 aromatic heterocycles. The van der Waals surface area contributed by atoms with E-state index in [0.717, 1.165) is 5.57 Å². The maximum absolute atomic E-state index is 11.3. The number of hydrogen-bond acceptors (Lipinski definition) is 2. The van der Waals surface area contributed by atoms with Crippen LogP contribution in [-0.2, 0) is 4.79 Å². The lowest BCUT2D eigenvalue weighted by atomic mass is 9.93. The van der Waals surface area contributed by atoms with Gasteiger partial charge in [0.05, 0.1) is 0 Å². The molecule has 1 rings (SSSR count). The summed E-state index contributed by atoms with van der Waals surface area (Å²) in [5.41, 5.74) is 1.05. The Hall–Kier alpha value is -0.310. The molecule has 2 atom stereocenters. The molecule has 0 saturated carbocycles. The molecule has 0 aromatic rings. The van der Waals surface area contributed by atoms with Gasteiger partial charge in [0, 0.05) is 6.04 Å². The monoisotopic (exact) mass is 217 g/mol. The molecule has 1 N–H and O–H groups in total. The third-order valence-electron chi connectivity index (χ3n) is 2.23. The van der Waals surface area contributed by atoms with Gasteiger partial charge >= 0.3 is 0 Å². The molecule has 0 bridgehead atoms. The predicted molar refractivity (Wildman–Crippen MR) is 48.7 cm³/mol. The first-order valence-electron chi connectivity index (χ1n) is 3.63. The minimum atomic E-state index is -0.465. The van der Waals surface area contributed by atoms with Crippen LogP contribution >= 0.6 is 15.9 Å². The van der Waals surface area contributed by atoms with Crippen LogP contribution < -0.4 is 5.32 Å². The lowest BCUT2D eigenvalue weighted by molar-refractivity contribution is -0.118. The fourth-order valence-corrected chi connectivity index (χ4v) is 1.64. The summed E-state index contributed by atoms with van der Waals surface area (Å²) in [6.07, 6.45) is 1.89. The lowest BCUT2D eigenvalue weighted by Crippen LogP contribution is -2.43. The highest BCUT2D eigenvalue weighted by Crippen LogP contribution is 2.35. The van der Waals surface area contributed by atoms with E-state index in [4.69, 9.17) is 0 Å². The van der Waals surface area contributed by atoms with E-state index in [1.54, 1.807) is 6.92 Å². The molecule has 11 heavy (non-hydrogen) atoms. The van der Waals surface area contributed by atoms with Crippen molar-refractivity contribution in [2.24, 2.45) is 0 Å². The van der Waals surface area contributed by atoms with Crippen LogP contribution in [0.15, 0.2) is 11.8 Å². The van der Waals surface area contributed by atoms with Crippen molar-refractivity contribution < 1.29 is 4.79 Å². The molecular weight excluding hydrogens is 206 g/mol. The van der Waals surface area contributed by atoms with Gasteiger partial charge in [0.25, 0.3) is 0 Å². The number of ketones is 1. The topological polar surface area (TPSA) is 29.1 Å². The lowest BCUT2D eigenvalue weighted by Gasteiger charge is -2.25. The summed E-state index contributed by atoms with van der Waals surface area (Å²) in [6, 6.07) is 0.153. The fraction of sp³-hybridized carbons (Fsp3) is 0.625. The zero-order valence-corrected chi connectivity index (χ0v) is 8.53. The maximum Gasteiger partial charge on any atom is 0.152 e. The third-order valence-corrected chi connectivity index (χ3v) is 4.10. The summed E-state index contributed by atoms with van der Waals surface area (Å²) in [4.78, 5) is 11.3. The number of rotatable bonds is 1. The molecule has 1 aliphatic heterocycles. The Labute approximate surface area is 75.2 Å². The van der Waals surface area contributed by atoms with E-state index in [2.05, 4.69) is 21.2 Å². The van der Waals surface area contributed by atoms with Gasteiger partial charge in [-0.25, -0.2) is 0 Å². The van der Waals surface area contributed by atoms with Crippen molar-refractivity contribution in [2.45, 2.75) is 31.1 Å². The van der Waals surface area contributed by atoms with Crippen molar-refractivity contribution in [3.63, 3.8) is 0 Å². The van der Waals surface area contributed by atoms with Gasteiger partial charge in [0.2, 0.25) is 0 Å². The van der Waals surface area contributed by atoms with Gasteiger partial charge in [-0.2, -0.15) is 0 Å². The summed E-state index contributed by atoms with van der Waals surface area (Å²) >= 11 is 3.46. The van der Waals surface area contributed by atoms with Gasteiger partial charge in [-0.15, -0.1) is 0 Å². The third kappa shape index (κ3) is 1.11. The van der Waals surface area contributed by atoms with Crippen molar-refractivity contribution in [3.05, 3.63) is 11.8 Å². The molecular formula is C8H12BrNO. The summed E-state index contributed by atoms with van der Waals surface area (Å²) in [6.45, 7) is 5.55. The molecule has 2 nitrogen and oxygen atoms in total. The highest BCUT2D eigenvalue weighted by atomic mass is 79.9. The van der Waals surface area contributed by atoms with Gasteiger partial charge in [0.1, 0.15) is 4.32 Å². The second-order valence-corrected chi connectivity index (χ2v) is 4.23. The van der Waals surface area contributed by atoms with Gasteiger partial charge in [-0.1, -0.05) is 15.9 Å². The van der Waals surface area contributed by atoms with Crippen LogP contribution in [0.3, 0.4) is 0 Å². The normalized spacial score (nSPS) is 36.4. The summed E-state index contributed by atoms with van der Waals surface area (Å²) in [5.74, 6) is 0.156. The Bertz CT molecular complexity index is 224. The van der Waals surface area contributed by atoms with Gasteiger partial charge in [-0.3, -0.25) is 4.79 Å². The van der Waals surface area contributed by atoms with Crippen LogP contribution in [0, 0.1) is 0 Å². The first-order chi connectivity index (χ1) is 4.99. The molecule has 0 amide bonds. The van der Waals surface area contributed by atoms with Gasteiger partial charge < -0.3 is 5.32 Å². The molecule has 3 heteroatoms. The number of carbonyl (C=O) groups is 1. The van der Waals surface area contributed by atoms with Crippen LogP contribution in [0.1, 0.15) is 20.8 Å². The molecule has 62 valence electrons. The Kier molecular flexibility index (Phi) is 2.10. The highest BCUT2D eigenvalue weighted by molar-refractivity contribution is 9.10. The Morgan fingerprint density at radius 1 is 1.82 bits per heavy atom. The Morgan fingerprint density at radius 3 is 2.55 bits per heavy atom. The minimum Gasteiger partial charge on any atom is -0.386 e. The smallest absolute Gasteiger partial charge is 0.152 e. The van der Waals surface area contributed by atoms with Crippen molar-refractivity contribution in [1.82, 2.24) is 5.32 Å². The quantitative estimate of drug-likeness (QED) is 0.677. The number of hydrogen-bond donors (Lipinski definition) is 1. The van der Waals surface area contributed by atoms with E-state index >= 15 is 0 Å². The van der Waals surface area contributed by atoms with Gasteiger partial charge in [-0.05, 0) is 32.5 Å². The zero-order valence-electron chi connectivity index (χ0n) is 6.94. The number of halogens is 1. The van der Waals surface area contributed by atoms with Crippen LogP contribution in [0.25, 0.3) is 0 Å². The SMILES string of the molecule is CC(=O)C1(Br)C(C)=CNC1C. The molecule has 0 saturated heterocycles. The fourth-order valence-electron chi connectivity index (χ4n) is 1.39. The summed E-state index contributed by atoms with van der Waals surface area (Å²) < 4.78 is -0.465. The summed E-state index contributed by atoms with van der Waals surface area (Å²) in [7, 11) is 0. The van der Waals surface area contributed by atoms with E-state index < -0.39 is 4.32 Å². The second-order valence-electron chi connectivity index (χ2n) is 2.98. The molecule has 0 spiro atoms. The molecule has 1 heterocycles. The average Bonchev–Trinajstić information content (AvgIpc) is 2.18. The van der Waals surface area contributed by atoms with Crippen molar-refractivity contribution in [3.8, 4) is 0 Å².